The summed E-state index contributed by atoms with van der Waals surface area (Å²) >= 11 is 0. The van der Waals surface area contributed by atoms with Crippen LogP contribution >= 0.6 is 0 Å². The first kappa shape index (κ1) is 37.4. The molecule has 0 aliphatic heterocycles. The molecule has 1 aromatic carbocycles. The summed E-state index contributed by atoms with van der Waals surface area (Å²) in [4.78, 5) is 94.2. The summed E-state index contributed by atoms with van der Waals surface area (Å²) in [6.45, 7) is 0. The maximum atomic E-state index is 14.0. The molecule has 5 aromatic rings. The third-order valence-electron chi connectivity index (χ3n) is 8.16. The number of rotatable bonds is 19. The predicted octanol–water partition coefficient (Wildman–Crippen LogP) is -1.85. The average Bonchev–Trinajstić information content (AvgIpc) is 3.98. The van der Waals surface area contributed by atoms with E-state index in [2.05, 4.69) is 61.1 Å². The van der Waals surface area contributed by atoms with Crippen LogP contribution in [0.25, 0.3) is 0 Å². The number of hydrogen-bond acceptors (Lipinski definition) is 11. The van der Waals surface area contributed by atoms with Crippen LogP contribution in [0.3, 0.4) is 0 Å². The first-order valence-electron chi connectivity index (χ1n) is 16.4. The van der Waals surface area contributed by atoms with E-state index in [4.69, 9.17) is 5.73 Å². The molecule has 53 heavy (non-hydrogen) atoms. The number of phenols is 1. The molecule has 278 valence electrons. The number of aromatic hydroxyl groups is 1. The van der Waals surface area contributed by atoms with Crippen molar-refractivity contribution in [3.05, 3.63) is 103 Å². The Bertz CT molecular complexity index is 1910. The molecular weight excluding hydrogens is 690 g/mol. The molecule has 0 saturated carbocycles. The van der Waals surface area contributed by atoms with Gasteiger partial charge in [-0.1, -0.05) is 12.1 Å². The third-order valence-corrected chi connectivity index (χ3v) is 8.16. The lowest BCUT2D eigenvalue weighted by molar-refractivity contribution is -0.142. The normalized spacial score (nSPS) is 13.9. The number of hydrogen-bond donors (Lipinski definition) is 11. The number of carboxylic acids is 1. The van der Waals surface area contributed by atoms with Gasteiger partial charge in [0.05, 0.1) is 31.4 Å². The zero-order valence-corrected chi connectivity index (χ0v) is 28.2. The number of aromatic nitrogens is 8. The highest BCUT2D eigenvalue weighted by molar-refractivity contribution is 5.95. The minimum Gasteiger partial charge on any atom is -0.508 e. The van der Waals surface area contributed by atoms with Gasteiger partial charge in [-0.25, -0.2) is 24.7 Å². The average molecular weight is 730 g/mol. The van der Waals surface area contributed by atoms with E-state index in [1.165, 1.54) is 74.4 Å². The number of aromatic amines is 4. The van der Waals surface area contributed by atoms with Crippen LogP contribution in [0.1, 0.15) is 28.3 Å². The summed E-state index contributed by atoms with van der Waals surface area (Å²) in [5.74, 6) is -4.31. The summed E-state index contributed by atoms with van der Waals surface area (Å²) in [7, 11) is 0. The van der Waals surface area contributed by atoms with E-state index >= 15 is 0 Å². The molecule has 20 heteroatoms. The molecule has 20 nitrogen and oxygen atoms in total. The van der Waals surface area contributed by atoms with E-state index in [0.29, 0.717) is 28.3 Å². The minimum atomic E-state index is -1.39. The van der Waals surface area contributed by atoms with Crippen LogP contribution in [0, 0.1) is 0 Å². The van der Waals surface area contributed by atoms with Gasteiger partial charge in [-0.2, -0.15) is 0 Å². The highest BCUT2D eigenvalue weighted by Crippen LogP contribution is 2.12. The SMILES string of the molecule is N[C@@H](Cc1cnc[nH]1)C(=O)N[C@@H](Cc1cnc[nH]1)C(=O)N[C@@H](Cc1cnc[nH]1)C(=O)N[C@@H](Cc1cnc[nH]1)C(=O)N[C@@H](Cc1ccc(O)cc1)C(=O)O. The van der Waals surface area contributed by atoms with Crippen LogP contribution in [0.4, 0.5) is 0 Å². The Balaban J connectivity index is 1.34. The number of aliphatic carboxylic acids is 1. The van der Waals surface area contributed by atoms with Gasteiger partial charge in [-0.05, 0) is 17.7 Å². The number of benzene rings is 1. The lowest BCUT2D eigenvalue weighted by Gasteiger charge is -2.26. The van der Waals surface area contributed by atoms with E-state index in [1.807, 2.05) is 0 Å². The highest BCUT2D eigenvalue weighted by Gasteiger charge is 2.33. The summed E-state index contributed by atoms with van der Waals surface area (Å²) in [6.07, 6.45) is 11.3. The summed E-state index contributed by atoms with van der Waals surface area (Å²) in [5.41, 5.74) is 8.72. The molecular formula is C33H39N13O7. The maximum absolute atomic E-state index is 14.0. The van der Waals surface area contributed by atoms with Crippen molar-refractivity contribution < 1.29 is 34.2 Å². The summed E-state index contributed by atoms with van der Waals surface area (Å²) in [5, 5.41) is 30.0. The standard InChI is InChI=1S/C33H39N13O7/c34-24(6-19-10-35-14-39-19)29(48)43-25(7-20-11-36-15-40-20)30(49)44-26(8-21-12-37-16-41-21)31(50)45-27(9-22-13-38-17-42-22)32(51)46-28(33(52)53)5-18-1-3-23(47)4-2-18/h1-4,10-17,24-28,47H,5-9,34H2,(H,35,39)(H,36,40)(H,37,41)(H,38,42)(H,43,48)(H,44,49)(H,45,50)(H,46,51)(H,52,53)/t24-,25-,26-,27-,28-/m0/s1. The van der Waals surface area contributed by atoms with Crippen molar-refractivity contribution in [3.63, 3.8) is 0 Å². The molecule has 0 radical (unpaired) electrons. The van der Waals surface area contributed by atoms with Crippen molar-refractivity contribution >= 4 is 29.6 Å². The zero-order valence-electron chi connectivity index (χ0n) is 28.2. The van der Waals surface area contributed by atoms with Crippen LogP contribution < -0.4 is 27.0 Å². The van der Waals surface area contributed by atoms with Gasteiger partial charge in [0.15, 0.2) is 0 Å². The summed E-state index contributed by atoms with van der Waals surface area (Å²) in [6, 6.07) is -0.440. The molecule has 5 atom stereocenters. The number of carboxylic acid groups (broad SMARTS) is 1. The lowest BCUT2D eigenvalue weighted by atomic mass is 10.0. The Morgan fingerprint density at radius 3 is 1.26 bits per heavy atom. The third kappa shape index (κ3) is 11.1. The van der Waals surface area contributed by atoms with Crippen molar-refractivity contribution in [1.29, 1.82) is 0 Å². The molecule has 4 aromatic heterocycles. The number of carbonyl (C=O) groups is 5. The van der Waals surface area contributed by atoms with Gasteiger partial charge in [-0.3, -0.25) is 19.2 Å². The topological polar surface area (TPSA) is 315 Å². The van der Waals surface area contributed by atoms with Gasteiger partial charge >= 0.3 is 5.97 Å². The first-order chi connectivity index (χ1) is 25.5. The minimum absolute atomic E-state index is 0.00682. The molecule has 0 unspecified atom stereocenters. The second-order valence-electron chi connectivity index (χ2n) is 12.2. The van der Waals surface area contributed by atoms with Crippen molar-refractivity contribution in [2.75, 3.05) is 0 Å². The van der Waals surface area contributed by atoms with Crippen LogP contribution in [0.2, 0.25) is 0 Å². The Kier molecular flexibility index (Phi) is 12.6. The summed E-state index contributed by atoms with van der Waals surface area (Å²) < 4.78 is 0. The molecule has 0 aliphatic rings. The second-order valence-corrected chi connectivity index (χ2v) is 12.2. The zero-order chi connectivity index (χ0) is 37.7. The Hall–Kier alpha value is -6.83. The molecule has 0 saturated heterocycles. The van der Waals surface area contributed by atoms with Gasteiger partial charge in [0.25, 0.3) is 0 Å². The number of amides is 4. The van der Waals surface area contributed by atoms with Crippen molar-refractivity contribution in [3.8, 4) is 5.75 Å². The molecule has 5 rings (SSSR count). The van der Waals surface area contributed by atoms with Crippen LogP contribution in [-0.4, -0.2) is 110 Å². The molecule has 4 amide bonds. The predicted molar refractivity (Wildman–Crippen MR) is 184 cm³/mol. The second kappa shape index (κ2) is 17.9. The number of nitrogens with zero attached hydrogens (tertiary/aromatic N) is 4. The number of imidazole rings is 4. The van der Waals surface area contributed by atoms with Gasteiger partial charge in [0, 0.05) is 79.7 Å². The quantitative estimate of drug-likeness (QED) is 0.0446. The van der Waals surface area contributed by atoms with E-state index in [9.17, 15) is 34.2 Å². The fourth-order valence-electron chi connectivity index (χ4n) is 5.37. The monoisotopic (exact) mass is 729 g/mol. The first-order valence-corrected chi connectivity index (χ1v) is 16.4. The Morgan fingerprint density at radius 1 is 0.547 bits per heavy atom. The molecule has 0 fully saturated rings. The molecule has 0 bridgehead atoms. The Labute approximate surface area is 301 Å². The fourth-order valence-corrected chi connectivity index (χ4v) is 5.37. The van der Waals surface area contributed by atoms with Crippen molar-refractivity contribution in [2.45, 2.75) is 62.3 Å². The number of phenolic OH excluding ortho intramolecular Hbond substituents is 1. The maximum Gasteiger partial charge on any atom is 0.326 e. The van der Waals surface area contributed by atoms with Crippen molar-refractivity contribution in [2.24, 2.45) is 5.73 Å². The number of nitrogens with two attached hydrogens (primary N) is 1. The van der Waals surface area contributed by atoms with Gasteiger partial charge in [-0.15, -0.1) is 0 Å². The number of H-pyrrole nitrogens is 4. The van der Waals surface area contributed by atoms with E-state index < -0.39 is 59.8 Å². The largest absolute Gasteiger partial charge is 0.508 e. The van der Waals surface area contributed by atoms with E-state index in [-0.39, 0.29) is 37.9 Å². The fraction of sp³-hybridized carbons (Fsp3) is 0.303. The molecule has 0 aliphatic carbocycles. The number of carbonyl (C=O) groups excluding carboxylic acids is 4. The van der Waals surface area contributed by atoms with Crippen molar-refractivity contribution in [1.82, 2.24) is 61.1 Å². The van der Waals surface area contributed by atoms with E-state index in [0.717, 1.165) is 0 Å². The van der Waals surface area contributed by atoms with Crippen LogP contribution in [0.15, 0.2) is 74.4 Å². The smallest absolute Gasteiger partial charge is 0.326 e. The molecule has 12 N–H and O–H groups in total. The highest BCUT2D eigenvalue weighted by atomic mass is 16.4. The van der Waals surface area contributed by atoms with Crippen LogP contribution in [0.5, 0.6) is 5.75 Å². The van der Waals surface area contributed by atoms with Gasteiger partial charge in [0.1, 0.15) is 29.9 Å². The molecule has 0 spiro atoms. The van der Waals surface area contributed by atoms with Gasteiger partial charge < -0.3 is 57.1 Å². The van der Waals surface area contributed by atoms with Gasteiger partial charge in [0.2, 0.25) is 23.6 Å². The number of nitrogens with one attached hydrogen (secondary N) is 8. The molecule has 4 heterocycles. The lowest BCUT2D eigenvalue weighted by Crippen LogP contribution is -2.59. The van der Waals surface area contributed by atoms with E-state index in [1.54, 1.807) is 0 Å². The Morgan fingerprint density at radius 2 is 0.906 bits per heavy atom. The van der Waals surface area contributed by atoms with Crippen LogP contribution in [-0.2, 0) is 56.1 Å².